The Morgan fingerprint density at radius 3 is 2.42 bits per heavy atom. The number of hydrogen-bond acceptors (Lipinski definition) is 5. The first-order valence-corrected chi connectivity index (χ1v) is 13.1. The monoisotopic (exact) mass is 494 g/mol. The molecule has 3 aromatic rings. The molecule has 1 aromatic heterocycles. The summed E-state index contributed by atoms with van der Waals surface area (Å²) in [6.07, 6.45) is 6.77. The fourth-order valence-electron chi connectivity index (χ4n) is 5.14. The number of piperidine rings is 1. The molecule has 0 atom stereocenters. The van der Waals surface area contributed by atoms with E-state index in [9.17, 15) is 9.18 Å². The summed E-state index contributed by atoms with van der Waals surface area (Å²) >= 11 is 0. The summed E-state index contributed by atoms with van der Waals surface area (Å²) in [6, 6.07) is 13.3. The topological polar surface area (TPSA) is 69.8 Å². The van der Waals surface area contributed by atoms with Gasteiger partial charge in [0, 0.05) is 49.7 Å². The number of carbonyl (C=O) groups is 1. The Labute approximate surface area is 211 Å². The zero-order valence-electron chi connectivity index (χ0n) is 20.7. The minimum atomic E-state index is -0.461. The van der Waals surface area contributed by atoms with E-state index in [0.717, 1.165) is 49.9 Å². The average Bonchev–Trinajstić information content (AvgIpc) is 3.10. The number of nitrogens with one attached hydrogen (secondary N) is 2. The van der Waals surface area contributed by atoms with Crippen molar-refractivity contribution in [3.05, 3.63) is 54.3 Å². The van der Waals surface area contributed by atoms with E-state index in [1.807, 2.05) is 12.1 Å². The Kier molecular flexibility index (Phi) is 8.03. The summed E-state index contributed by atoms with van der Waals surface area (Å²) < 4.78 is 24.9. The molecule has 5 rings (SSSR count). The maximum atomic E-state index is 13.5. The number of fused-ring (bicyclic) bond motifs is 1. The van der Waals surface area contributed by atoms with E-state index in [-0.39, 0.29) is 11.9 Å². The van der Waals surface area contributed by atoms with Gasteiger partial charge in [0.25, 0.3) is 0 Å². The van der Waals surface area contributed by atoms with E-state index in [1.165, 1.54) is 50.9 Å². The second-order valence-electron chi connectivity index (χ2n) is 9.82. The molecule has 0 spiro atoms. The molecule has 0 aliphatic carbocycles. The van der Waals surface area contributed by atoms with Crippen LogP contribution in [0.4, 0.5) is 9.18 Å². The van der Waals surface area contributed by atoms with Gasteiger partial charge >= 0.3 is 6.09 Å². The van der Waals surface area contributed by atoms with Gasteiger partial charge in [-0.2, -0.15) is 0 Å². The minimum Gasteiger partial charge on any atom is -0.457 e. The van der Waals surface area contributed by atoms with Gasteiger partial charge in [0.1, 0.15) is 17.3 Å². The molecule has 2 fully saturated rings. The van der Waals surface area contributed by atoms with Crippen LogP contribution in [0.1, 0.15) is 38.5 Å². The second kappa shape index (κ2) is 11.8. The normalized spacial score (nSPS) is 18.1. The highest BCUT2D eigenvalue weighted by molar-refractivity contribution is 5.88. The number of nitrogens with zero attached hydrogens (tertiary/aromatic N) is 2. The molecular formula is C28H35FN4O3. The third kappa shape index (κ3) is 6.56. The fraction of sp³-hybridized carbons (Fsp3) is 0.464. The number of hydrogen-bond donors (Lipinski definition) is 2. The van der Waals surface area contributed by atoms with Gasteiger partial charge in [-0.25, -0.2) is 9.18 Å². The SMILES string of the molecule is O=C(NC1CCN(CCN2CCCCCC2)CC1)Oc1cc2c(Oc3cccc(F)c3)cccc2[nH]1. The number of halogens is 1. The van der Waals surface area contributed by atoms with E-state index in [4.69, 9.17) is 9.47 Å². The van der Waals surface area contributed by atoms with Crippen molar-refractivity contribution in [3.8, 4) is 17.4 Å². The van der Waals surface area contributed by atoms with Crippen LogP contribution in [0.2, 0.25) is 0 Å². The van der Waals surface area contributed by atoms with E-state index >= 15 is 0 Å². The van der Waals surface area contributed by atoms with Crippen molar-refractivity contribution >= 4 is 17.0 Å². The molecule has 3 heterocycles. The van der Waals surface area contributed by atoms with Crippen LogP contribution in [0.5, 0.6) is 17.4 Å². The van der Waals surface area contributed by atoms with Crippen molar-refractivity contribution < 1.29 is 18.7 Å². The first-order valence-electron chi connectivity index (χ1n) is 13.1. The van der Waals surface area contributed by atoms with Gasteiger partial charge in [0.15, 0.2) is 0 Å². The van der Waals surface area contributed by atoms with Gasteiger partial charge in [0.05, 0.1) is 5.52 Å². The molecule has 0 saturated carbocycles. The lowest BCUT2D eigenvalue weighted by Gasteiger charge is -2.33. The highest BCUT2D eigenvalue weighted by Crippen LogP contribution is 2.32. The molecule has 192 valence electrons. The minimum absolute atomic E-state index is 0.114. The molecular weight excluding hydrogens is 459 g/mol. The van der Waals surface area contributed by atoms with Crippen molar-refractivity contribution in [1.82, 2.24) is 20.1 Å². The Morgan fingerprint density at radius 2 is 1.67 bits per heavy atom. The van der Waals surface area contributed by atoms with Gasteiger partial charge in [-0.3, -0.25) is 0 Å². The summed E-state index contributed by atoms with van der Waals surface area (Å²) in [5, 5.41) is 3.77. The second-order valence-corrected chi connectivity index (χ2v) is 9.82. The fourth-order valence-corrected chi connectivity index (χ4v) is 5.14. The number of benzene rings is 2. The molecule has 2 aliphatic heterocycles. The van der Waals surface area contributed by atoms with Crippen molar-refractivity contribution in [3.63, 3.8) is 0 Å². The van der Waals surface area contributed by atoms with E-state index in [1.54, 1.807) is 24.3 Å². The van der Waals surface area contributed by atoms with Crippen LogP contribution in [0.25, 0.3) is 10.9 Å². The molecule has 0 bridgehead atoms. The lowest BCUT2D eigenvalue weighted by Crippen LogP contribution is -2.47. The highest BCUT2D eigenvalue weighted by atomic mass is 19.1. The maximum Gasteiger partial charge on any atom is 0.414 e. The number of aromatic amines is 1. The van der Waals surface area contributed by atoms with Crippen molar-refractivity contribution in [1.29, 1.82) is 0 Å². The molecule has 1 amide bonds. The molecule has 36 heavy (non-hydrogen) atoms. The Hall–Kier alpha value is -3.10. The summed E-state index contributed by atoms with van der Waals surface area (Å²) in [4.78, 5) is 20.8. The first-order chi connectivity index (χ1) is 17.6. The Balaban J connectivity index is 1.10. The average molecular weight is 495 g/mol. The number of amides is 1. The summed E-state index contributed by atoms with van der Waals surface area (Å²) in [5.74, 6) is 0.934. The quantitative estimate of drug-likeness (QED) is 0.452. The largest absolute Gasteiger partial charge is 0.457 e. The van der Waals surface area contributed by atoms with Crippen LogP contribution in [-0.4, -0.2) is 66.2 Å². The van der Waals surface area contributed by atoms with Crippen LogP contribution in [-0.2, 0) is 0 Å². The molecule has 2 saturated heterocycles. The van der Waals surface area contributed by atoms with Crippen LogP contribution >= 0.6 is 0 Å². The van der Waals surface area contributed by atoms with Gasteiger partial charge < -0.3 is 29.6 Å². The van der Waals surface area contributed by atoms with Crippen molar-refractivity contribution in [2.24, 2.45) is 0 Å². The van der Waals surface area contributed by atoms with Crippen molar-refractivity contribution in [2.45, 2.75) is 44.6 Å². The predicted octanol–water partition coefficient (Wildman–Crippen LogP) is 5.53. The van der Waals surface area contributed by atoms with Gasteiger partial charge in [0.2, 0.25) is 5.88 Å². The zero-order chi connectivity index (χ0) is 24.7. The zero-order valence-corrected chi connectivity index (χ0v) is 20.7. The molecule has 0 radical (unpaired) electrons. The third-order valence-corrected chi connectivity index (χ3v) is 7.17. The molecule has 2 aromatic carbocycles. The van der Waals surface area contributed by atoms with Gasteiger partial charge in [-0.1, -0.05) is 25.0 Å². The van der Waals surface area contributed by atoms with Crippen molar-refractivity contribution in [2.75, 3.05) is 39.3 Å². The van der Waals surface area contributed by atoms with Crippen LogP contribution in [0.3, 0.4) is 0 Å². The summed E-state index contributed by atoms with van der Waals surface area (Å²) in [6.45, 7) is 6.70. The first kappa shape index (κ1) is 24.6. The molecule has 2 aliphatic rings. The molecule has 0 unspecified atom stereocenters. The Bertz CT molecular complexity index is 1150. The predicted molar refractivity (Wildman–Crippen MR) is 138 cm³/mol. The maximum absolute atomic E-state index is 13.5. The van der Waals surface area contributed by atoms with Gasteiger partial charge in [-0.15, -0.1) is 0 Å². The number of ether oxygens (including phenoxy) is 2. The number of aromatic nitrogens is 1. The van der Waals surface area contributed by atoms with Crippen LogP contribution < -0.4 is 14.8 Å². The van der Waals surface area contributed by atoms with Crippen LogP contribution in [0, 0.1) is 5.82 Å². The van der Waals surface area contributed by atoms with E-state index in [0.29, 0.717) is 17.4 Å². The number of likely N-dealkylation sites (tertiary alicyclic amines) is 2. The lowest BCUT2D eigenvalue weighted by molar-refractivity contribution is 0.157. The van der Waals surface area contributed by atoms with Crippen LogP contribution in [0.15, 0.2) is 48.5 Å². The van der Waals surface area contributed by atoms with Gasteiger partial charge in [-0.05, 0) is 63.0 Å². The molecule has 2 N–H and O–H groups in total. The summed E-state index contributed by atoms with van der Waals surface area (Å²) in [5.41, 5.74) is 0.768. The number of carbonyl (C=O) groups excluding carboxylic acids is 1. The molecule has 8 heteroatoms. The van der Waals surface area contributed by atoms with E-state index < -0.39 is 6.09 Å². The standard InChI is InChI=1S/C28H35FN4O3/c29-21-7-5-8-23(19-21)35-26-10-6-9-25-24(26)20-27(31-25)36-28(34)30-22-11-15-33(16-12-22)18-17-32-13-3-1-2-4-14-32/h5-10,19-20,22,31H,1-4,11-18H2,(H,30,34). The summed E-state index contributed by atoms with van der Waals surface area (Å²) in [7, 11) is 0. The highest BCUT2D eigenvalue weighted by Gasteiger charge is 2.22. The smallest absolute Gasteiger partial charge is 0.414 e. The lowest BCUT2D eigenvalue weighted by atomic mass is 10.1. The third-order valence-electron chi connectivity index (χ3n) is 7.17. The Morgan fingerprint density at radius 1 is 0.944 bits per heavy atom. The van der Waals surface area contributed by atoms with E-state index in [2.05, 4.69) is 20.1 Å². The number of rotatable bonds is 7. The molecule has 7 nitrogen and oxygen atoms in total. The number of H-pyrrole nitrogens is 1.